The fourth-order valence-corrected chi connectivity index (χ4v) is 2.71. The maximum absolute atomic E-state index is 9.38. The number of aliphatic hydroxyl groups excluding tert-OH is 1. The van der Waals surface area contributed by atoms with E-state index in [-0.39, 0.29) is 12.0 Å². The van der Waals surface area contributed by atoms with Gasteiger partial charge in [0.1, 0.15) is 5.75 Å². The molecule has 0 aromatic heterocycles. The van der Waals surface area contributed by atoms with Crippen LogP contribution in [0.5, 0.6) is 5.75 Å². The van der Waals surface area contributed by atoms with Crippen LogP contribution >= 0.6 is 0 Å². The minimum atomic E-state index is -0.0479. The lowest BCUT2D eigenvalue weighted by Crippen LogP contribution is -2.21. The van der Waals surface area contributed by atoms with Crippen molar-refractivity contribution in [3.8, 4) is 5.75 Å². The van der Waals surface area contributed by atoms with Gasteiger partial charge in [0.15, 0.2) is 0 Å². The lowest BCUT2D eigenvalue weighted by atomic mass is 9.98. The minimum absolute atomic E-state index is 0.0479. The first-order valence-corrected chi connectivity index (χ1v) is 5.86. The van der Waals surface area contributed by atoms with E-state index in [1.807, 2.05) is 0 Å². The molecule has 0 bridgehead atoms. The Morgan fingerprint density at radius 2 is 2.38 bits per heavy atom. The number of ether oxygens (including phenoxy) is 1. The average molecular weight is 219 g/mol. The van der Waals surface area contributed by atoms with E-state index in [0.717, 1.165) is 25.2 Å². The van der Waals surface area contributed by atoms with Crippen molar-refractivity contribution in [3.63, 3.8) is 0 Å². The van der Waals surface area contributed by atoms with Gasteiger partial charge in [0.25, 0.3) is 0 Å². The van der Waals surface area contributed by atoms with E-state index in [2.05, 4.69) is 18.2 Å². The highest BCUT2D eigenvalue weighted by atomic mass is 16.5. The minimum Gasteiger partial charge on any atom is -0.493 e. The number of rotatable bonds is 3. The second-order valence-corrected chi connectivity index (χ2v) is 4.95. The highest BCUT2D eigenvalue weighted by molar-refractivity contribution is 5.43. The van der Waals surface area contributed by atoms with Crippen LogP contribution in [0.1, 0.15) is 23.5 Å². The van der Waals surface area contributed by atoms with Crippen LogP contribution in [-0.2, 0) is 6.42 Å². The van der Waals surface area contributed by atoms with Gasteiger partial charge < -0.3 is 15.6 Å². The standard InChI is InChI=1S/C13H17NO2/c14-7-13(8-15)6-11(13)9-1-2-12-10(5-9)3-4-16-12/h1-2,5,11,15H,3-4,6-8,14H2/t11-,13-/m1/s1. The van der Waals surface area contributed by atoms with Gasteiger partial charge in [0, 0.05) is 18.4 Å². The highest BCUT2D eigenvalue weighted by Gasteiger charge is 2.53. The molecule has 3 nitrogen and oxygen atoms in total. The molecule has 1 heterocycles. The molecule has 0 radical (unpaired) electrons. The number of fused-ring (bicyclic) bond motifs is 1. The van der Waals surface area contributed by atoms with Crippen molar-refractivity contribution < 1.29 is 9.84 Å². The fourth-order valence-electron chi connectivity index (χ4n) is 2.71. The van der Waals surface area contributed by atoms with Gasteiger partial charge in [-0.1, -0.05) is 12.1 Å². The van der Waals surface area contributed by atoms with E-state index >= 15 is 0 Å². The van der Waals surface area contributed by atoms with Gasteiger partial charge in [-0.05, 0) is 29.5 Å². The van der Waals surface area contributed by atoms with E-state index in [0.29, 0.717) is 12.5 Å². The number of hydrogen-bond acceptors (Lipinski definition) is 3. The Morgan fingerprint density at radius 1 is 1.50 bits per heavy atom. The first kappa shape index (κ1) is 10.1. The predicted octanol–water partition coefficient (Wildman–Crippen LogP) is 1.05. The second kappa shape index (κ2) is 3.47. The topological polar surface area (TPSA) is 55.5 Å². The molecule has 3 N–H and O–H groups in total. The third-order valence-electron chi connectivity index (χ3n) is 4.03. The summed E-state index contributed by atoms with van der Waals surface area (Å²) in [5, 5.41) is 9.38. The Bertz CT molecular complexity index is 412. The lowest BCUT2D eigenvalue weighted by molar-refractivity contribution is 0.211. The molecule has 86 valence electrons. The Kier molecular flexibility index (Phi) is 2.19. The number of benzene rings is 1. The zero-order valence-electron chi connectivity index (χ0n) is 9.28. The molecule has 0 unspecified atom stereocenters. The summed E-state index contributed by atoms with van der Waals surface area (Å²) in [6.45, 7) is 1.56. The first-order chi connectivity index (χ1) is 7.79. The molecular formula is C13H17NO2. The van der Waals surface area contributed by atoms with Crippen molar-refractivity contribution in [2.24, 2.45) is 11.1 Å². The molecule has 1 aliphatic carbocycles. The van der Waals surface area contributed by atoms with Crippen LogP contribution in [0.3, 0.4) is 0 Å². The van der Waals surface area contributed by atoms with Gasteiger partial charge in [-0.3, -0.25) is 0 Å². The number of nitrogens with two attached hydrogens (primary N) is 1. The van der Waals surface area contributed by atoms with Gasteiger partial charge in [-0.15, -0.1) is 0 Å². The molecule has 1 aliphatic heterocycles. The summed E-state index contributed by atoms with van der Waals surface area (Å²) in [5.74, 6) is 1.46. The smallest absolute Gasteiger partial charge is 0.122 e. The summed E-state index contributed by atoms with van der Waals surface area (Å²) < 4.78 is 5.48. The molecule has 2 atom stereocenters. The molecular weight excluding hydrogens is 202 g/mol. The first-order valence-electron chi connectivity index (χ1n) is 5.86. The van der Waals surface area contributed by atoms with Crippen molar-refractivity contribution in [1.82, 2.24) is 0 Å². The van der Waals surface area contributed by atoms with E-state index in [4.69, 9.17) is 10.5 Å². The van der Waals surface area contributed by atoms with Crippen LogP contribution in [0, 0.1) is 5.41 Å². The Morgan fingerprint density at radius 3 is 3.06 bits per heavy atom. The lowest BCUT2D eigenvalue weighted by Gasteiger charge is -2.11. The highest BCUT2D eigenvalue weighted by Crippen LogP contribution is 2.58. The van der Waals surface area contributed by atoms with Crippen molar-refractivity contribution in [1.29, 1.82) is 0 Å². The average Bonchev–Trinajstić information content (AvgIpc) is 2.89. The quantitative estimate of drug-likeness (QED) is 0.798. The van der Waals surface area contributed by atoms with Crippen LogP contribution < -0.4 is 10.5 Å². The maximum atomic E-state index is 9.38. The third-order valence-corrected chi connectivity index (χ3v) is 4.03. The molecule has 1 aromatic carbocycles. The molecule has 3 rings (SSSR count). The number of aliphatic hydroxyl groups is 1. The fraction of sp³-hybridized carbons (Fsp3) is 0.538. The zero-order valence-corrected chi connectivity index (χ0v) is 9.28. The molecule has 1 aromatic rings. The Balaban J connectivity index is 1.87. The molecule has 0 saturated heterocycles. The third kappa shape index (κ3) is 1.35. The molecule has 16 heavy (non-hydrogen) atoms. The normalized spacial score (nSPS) is 31.0. The summed E-state index contributed by atoms with van der Waals surface area (Å²) >= 11 is 0. The Labute approximate surface area is 95.2 Å². The number of hydrogen-bond donors (Lipinski definition) is 2. The SMILES string of the molecule is NC[C@@]1(CO)C[C@@H]1c1ccc2c(c1)CCO2. The van der Waals surface area contributed by atoms with Crippen LogP contribution in [0.2, 0.25) is 0 Å². The second-order valence-electron chi connectivity index (χ2n) is 4.95. The van der Waals surface area contributed by atoms with E-state index < -0.39 is 0 Å². The Hall–Kier alpha value is -1.06. The van der Waals surface area contributed by atoms with E-state index in [9.17, 15) is 5.11 Å². The van der Waals surface area contributed by atoms with Crippen LogP contribution in [0.15, 0.2) is 18.2 Å². The van der Waals surface area contributed by atoms with Gasteiger partial charge >= 0.3 is 0 Å². The van der Waals surface area contributed by atoms with E-state index in [1.54, 1.807) is 0 Å². The van der Waals surface area contributed by atoms with Gasteiger partial charge in [0.05, 0.1) is 13.2 Å². The van der Waals surface area contributed by atoms with Crippen LogP contribution in [0.4, 0.5) is 0 Å². The molecule has 3 heteroatoms. The molecule has 2 aliphatic rings. The van der Waals surface area contributed by atoms with Crippen LogP contribution in [0.25, 0.3) is 0 Å². The predicted molar refractivity (Wildman–Crippen MR) is 61.6 cm³/mol. The van der Waals surface area contributed by atoms with Gasteiger partial charge in [-0.2, -0.15) is 0 Å². The molecule has 1 saturated carbocycles. The molecule has 0 spiro atoms. The summed E-state index contributed by atoms with van der Waals surface area (Å²) in [7, 11) is 0. The van der Waals surface area contributed by atoms with Crippen molar-refractivity contribution in [2.75, 3.05) is 19.8 Å². The summed E-state index contributed by atoms with van der Waals surface area (Å²) in [5.41, 5.74) is 8.30. The van der Waals surface area contributed by atoms with Gasteiger partial charge in [-0.25, -0.2) is 0 Å². The summed E-state index contributed by atoms with van der Waals surface area (Å²) in [6.07, 6.45) is 2.02. The van der Waals surface area contributed by atoms with Crippen molar-refractivity contribution in [3.05, 3.63) is 29.3 Å². The van der Waals surface area contributed by atoms with E-state index in [1.165, 1.54) is 11.1 Å². The molecule has 1 fully saturated rings. The zero-order chi connectivity index (χ0) is 11.2. The van der Waals surface area contributed by atoms with Crippen molar-refractivity contribution in [2.45, 2.75) is 18.8 Å². The van der Waals surface area contributed by atoms with Crippen molar-refractivity contribution >= 4 is 0 Å². The summed E-state index contributed by atoms with van der Waals surface area (Å²) in [4.78, 5) is 0. The summed E-state index contributed by atoms with van der Waals surface area (Å²) in [6, 6.07) is 6.39. The van der Waals surface area contributed by atoms with Gasteiger partial charge in [0.2, 0.25) is 0 Å². The largest absolute Gasteiger partial charge is 0.493 e. The maximum Gasteiger partial charge on any atom is 0.122 e. The monoisotopic (exact) mass is 219 g/mol. The van der Waals surface area contributed by atoms with Crippen LogP contribution in [-0.4, -0.2) is 24.9 Å². The molecule has 0 amide bonds.